The molecule has 0 aliphatic heterocycles. The van der Waals surface area contributed by atoms with E-state index in [1.807, 2.05) is 0 Å². The van der Waals surface area contributed by atoms with E-state index in [0.717, 1.165) is 11.5 Å². The zero-order chi connectivity index (χ0) is 13.7. The van der Waals surface area contributed by atoms with Crippen LogP contribution >= 0.6 is 11.5 Å². The van der Waals surface area contributed by atoms with Gasteiger partial charge in [-0.1, -0.05) is 12.1 Å². The predicted octanol–water partition coefficient (Wildman–Crippen LogP) is 1.33. The average molecular weight is 278 g/mol. The third-order valence-corrected chi connectivity index (χ3v) is 2.55. The monoisotopic (exact) mass is 278 g/mol. The molecule has 0 amide bonds. The minimum absolute atomic E-state index is 0.260. The number of carboxylic acid groups (broad SMARTS) is 1. The average Bonchev–Trinajstić information content (AvgIpc) is 2.80. The molecule has 19 heavy (non-hydrogen) atoms. The van der Waals surface area contributed by atoms with Gasteiger partial charge in [0, 0.05) is 23.3 Å². The molecule has 1 aromatic carbocycles. The number of nitrogens with two attached hydrogens (primary N) is 1. The number of benzene rings is 1. The Bertz CT molecular complexity index is 611. The Kier molecular flexibility index (Phi) is 4.04. The van der Waals surface area contributed by atoms with E-state index in [2.05, 4.69) is 14.3 Å². The lowest BCUT2D eigenvalue weighted by Crippen LogP contribution is -2.10. The summed E-state index contributed by atoms with van der Waals surface area (Å²) in [5.74, 6) is -0.354. The molecule has 0 radical (unpaired) electrons. The maximum Gasteiger partial charge on any atom is 0.341 e. The lowest BCUT2D eigenvalue weighted by molar-refractivity contribution is -0.139. The lowest BCUT2D eigenvalue weighted by Gasteiger charge is -2.05. The zero-order valence-corrected chi connectivity index (χ0v) is 10.5. The van der Waals surface area contributed by atoms with Crippen molar-refractivity contribution in [1.82, 2.24) is 9.36 Å². The molecule has 8 heteroatoms. The molecule has 0 bridgehead atoms. The number of ether oxygens (including phenoxy) is 1. The number of aliphatic carboxylic acids is 1. The summed E-state index contributed by atoms with van der Waals surface area (Å²) in [5, 5.41) is 8.92. The maximum absolute atomic E-state index is 10.5. The quantitative estimate of drug-likeness (QED) is 0.798. The van der Waals surface area contributed by atoms with Gasteiger partial charge in [-0.05, 0) is 12.1 Å². The van der Waals surface area contributed by atoms with Crippen LogP contribution in [0.15, 0.2) is 29.3 Å². The summed E-state index contributed by atoms with van der Waals surface area (Å²) >= 11 is 1.05. The molecule has 2 aromatic rings. The Labute approximate surface area is 112 Å². The number of nitrogen functional groups attached to an aromatic ring is 1. The fraction of sp³-hybridized carbons (Fsp3) is 0.0909. The minimum Gasteiger partial charge on any atom is -0.481 e. The Morgan fingerprint density at radius 2 is 2.32 bits per heavy atom. The van der Waals surface area contributed by atoms with Crippen LogP contribution < -0.4 is 10.5 Å². The van der Waals surface area contributed by atoms with E-state index >= 15 is 0 Å². The minimum atomic E-state index is -1.04. The van der Waals surface area contributed by atoms with Gasteiger partial charge in [0.25, 0.3) is 5.95 Å². The largest absolute Gasteiger partial charge is 0.481 e. The first-order valence-electron chi connectivity index (χ1n) is 5.22. The standard InChI is InChI=1S/C11H10N4O3S/c12-10-14-11(15-19-10)13-5-7-3-1-2-4-8(7)18-6-9(16)17/h1-5H,6H2,(H,16,17)(H2,12,14,15). The summed E-state index contributed by atoms with van der Waals surface area (Å²) < 4.78 is 9.05. The molecule has 1 heterocycles. The highest BCUT2D eigenvalue weighted by atomic mass is 32.1. The van der Waals surface area contributed by atoms with Crippen molar-refractivity contribution in [1.29, 1.82) is 0 Å². The molecule has 0 spiro atoms. The molecule has 0 aliphatic rings. The van der Waals surface area contributed by atoms with Gasteiger partial charge in [-0.2, -0.15) is 4.98 Å². The second-order valence-electron chi connectivity index (χ2n) is 3.41. The van der Waals surface area contributed by atoms with Crippen molar-refractivity contribution >= 4 is 34.8 Å². The molecule has 0 unspecified atom stereocenters. The third kappa shape index (κ3) is 3.75. The lowest BCUT2D eigenvalue weighted by atomic mass is 10.2. The van der Waals surface area contributed by atoms with E-state index in [9.17, 15) is 4.79 Å². The Morgan fingerprint density at radius 3 is 3.00 bits per heavy atom. The zero-order valence-electron chi connectivity index (χ0n) is 9.68. The molecular weight excluding hydrogens is 268 g/mol. The van der Waals surface area contributed by atoms with Crippen LogP contribution in [0.25, 0.3) is 0 Å². The molecule has 7 nitrogen and oxygen atoms in total. The molecule has 0 saturated heterocycles. The fourth-order valence-electron chi connectivity index (χ4n) is 1.26. The number of aliphatic imine (C=N–C) groups is 1. The van der Waals surface area contributed by atoms with E-state index < -0.39 is 12.6 Å². The van der Waals surface area contributed by atoms with Crippen LogP contribution in [-0.2, 0) is 4.79 Å². The van der Waals surface area contributed by atoms with E-state index in [1.165, 1.54) is 6.21 Å². The van der Waals surface area contributed by atoms with E-state index in [-0.39, 0.29) is 5.95 Å². The van der Waals surface area contributed by atoms with Gasteiger partial charge in [-0.15, -0.1) is 4.37 Å². The number of nitrogens with zero attached hydrogens (tertiary/aromatic N) is 3. The van der Waals surface area contributed by atoms with Crippen LogP contribution in [-0.4, -0.2) is 33.3 Å². The Balaban J connectivity index is 2.15. The first-order valence-corrected chi connectivity index (χ1v) is 5.99. The van der Waals surface area contributed by atoms with Crippen molar-refractivity contribution in [3.05, 3.63) is 29.8 Å². The predicted molar refractivity (Wildman–Crippen MR) is 71.1 cm³/mol. The molecule has 0 atom stereocenters. The van der Waals surface area contributed by atoms with Gasteiger partial charge in [-0.3, -0.25) is 0 Å². The second-order valence-corrected chi connectivity index (χ2v) is 4.19. The number of para-hydroxylation sites is 1. The van der Waals surface area contributed by atoms with Crippen LogP contribution in [0, 0.1) is 0 Å². The molecule has 98 valence electrons. The van der Waals surface area contributed by atoms with Crippen molar-refractivity contribution < 1.29 is 14.6 Å². The SMILES string of the molecule is Nc1nc(N=Cc2ccccc2OCC(=O)O)ns1. The fourth-order valence-corrected chi connectivity index (χ4v) is 1.65. The summed E-state index contributed by atoms with van der Waals surface area (Å²) in [6, 6.07) is 6.94. The highest BCUT2D eigenvalue weighted by molar-refractivity contribution is 7.09. The van der Waals surface area contributed by atoms with Crippen molar-refractivity contribution in [2.45, 2.75) is 0 Å². The maximum atomic E-state index is 10.5. The second kappa shape index (κ2) is 5.91. The summed E-state index contributed by atoms with van der Waals surface area (Å²) in [5.41, 5.74) is 6.08. The Hall–Kier alpha value is -2.48. The summed E-state index contributed by atoms with van der Waals surface area (Å²) in [6.45, 7) is -0.410. The van der Waals surface area contributed by atoms with Crippen LogP contribution in [0.1, 0.15) is 5.56 Å². The van der Waals surface area contributed by atoms with E-state index in [4.69, 9.17) is 15.6 Å². The van der Waals surface area contributed by atoms with Crippen molar-refractivity contribution in [3.63, 3.8) is 0 Å². The molecular formula is C11H10N4O3S. The number of hydrogen-bond acceptors (Lipinski definition) is 7. The molecule has 2 rings (SSSR count). The highest BCUT2D eigenvalue weighted by Gasteiger charge is 2.04. The van der Waals surface area contributed by atoms with Gasteiger partial charge < -0.3 is 15.6 Å². The van der Waals surface area contributed by atoms with Crippen LogP contribution in [0.5, 0.6) is 5.75 Å². The van der Waals surface area contributed by atoms with Crippen LogP contribution in [0.2, 0.25) is 0 Å². The van der Waals surface area contributed by atoms with Gasteiger partial charge in [0.2, 0.25) is 5.13 Å². The molecule has 0 saturated carbocycles. The number of anilines is 1. The molecule has 3 N–H and O–H groups in total. The molecule has 0 fully saturated rings. The number of carbonyl (C=O) groups is 1. The highest BCUT2D eigenvalue weighted by Crippen LogP contribution is 2.18. The van der Waals surface area contributed by atoms with Gasteiger partial charge >= 0.3 is 5.97 Å². The van der Waals surface area contributed by atoms with E-state index in [0.29, 0.717) is 16.4 Å². The molecule has 0 aliphatic carbocycles. The van der Waals surface area contributed by atoms with Gasteiger partial charge in [0.1, 0.15) is 5.75 Å². The summed E-state index contributed by atoms with van der Waals surface area (Å²) in [7, 11) is 0. The van der Waals surface area contributed by atoms with Gasteiger partial charge in [0.15, 0.2) is 6.61 Å². The topological polar surface area (TPSA) is 111 Å². The smallest absolute Gasteiger partial charge is 0.341 e. The van der Waals surface area contributed by atoms with Crippen LogP contribution in [0.4, 0.5) is 11.1 Å². The van der Waals surface area contributed by atoms with Crippen molar-refractivity contribution in [2.24, 2.45) is 4.99 Å². The number of hydrogen-bond donors (Lipinski definition) is 2. The van der Waals surface area contributed by atoms with Crippen molar-refractivity contribution in [2.75, 3.05) is 12.3 Å². The number of carboxylic acids is 1. The van der Waals surface area contributed by atoms with Gasteiger partial charge in [0.05, 0.1) is 0 Å². The third-order valence-electron chi connectivity index (χ3n) is 2.02. The summed E-state index contributed by atoms with van der Waals surface area (Å²) in [6.07, 6.45) is 1.50. The first kappa shape index (κ1) is 13.0. The number of aromatic nitrogens is 2. The van der Waals surface area contributed by atoms with Crippen molar-refractivity contribution in [3.8, 4) is 5.75 Å². The Morgan fingerprint density at radius 1 is 1.53 bits per heavy atom. The van der Waals surface area contributed by atoms with Crippen LogP contribution in [0.3, 0.4) is 0 Å². The normalized spacial score (nSPS) is 10.7. The number of rotatable bonds is 5. The first-order chi connectivity index (χ1) is 9.15. The van der Waals surface area contributed by atoms with E-state index in [1.54, 1.807) is 24.3 Å². The summed E-state index contributed by atoms with van der Waals surface area (Å²) in [4.78, 5) is 18.4. The van der Waals surface area contributed by atoms with Gasteiger partial charge in [-0.25, -0.2) is 9.79 Å². The molecule has 1 aromatic heterocycles.